The molecule has 0 amide bonds. The van der Waals surface area contributed by atoms with Crippen LogP contribution in [0.1, 0.15) is 24.4 Å². The fourth-order valence-electron chi connectivity index (χ4n) is 2.20. The van der Waals surface area contributed by atoms with E-state index >= 15 is 0 Å². The highest BCUT2D eigenvalue weighted by Crippen LogP contribution is 2.24. The normalized spacial score (nSPS) is 12.7. The lowest BCUT2D eigenvalue weighted by atomic mass is 10.1. The lowest BCUT2D eigenvalue weighted by Crippen LogP contribution is -2.22. The van der Waals surface area contributed by atoms with Gasteiger partial charge in [0.1, 0.15) is 0 Å². The van der Waals surface area contributed by atoms with Crippen molar-refractivity contribution >= 4 is 11.3 Å². The van der Waals surface area contributed by atoms with E-state index in [9.17, 15) is 8.78 Å². The highest BCUT2D eigenvalue weighted by molar-refractivity contribution is 7.13. The average Bonchev–Trinajstić information content (AvgIpc) is 3.20. The Morgan fingerprint density at radius 1 is 1.26 bits per heavy atom. The van der Waals surface area contributed by atoms with Crippen molar-refractivity contribution in [3.8, 4) is 10.7 Å². The molecule has 4 nitrogen and oxygen atoms in total. The van der Waals surface area contributed by atoms with E-state index in [1.54, 1.807) is 6.07 Å². The second kappa shape index (κ2) is 6.55. The van der Waals surface area contributed by atoms with Gasteiger partial charge in [0, 0.05) is 6.04 Å². The van der Waals surface area contributed by atoms with Crippen molar-refractivity contribution in [2.75, 3.05) is 7.05 Å². The molecule has 120 valence electrons. The summed E-state index contributed by atoms with van der Waals surface area (Å²) in [6.45, 7) is 2.32. The summed E-state index contributed by atoms with van der Waals surface area (Å²) in [7, 11) is 1.86. The van der Waals surface area contributed by atoms with Crippen molar-refractivity contribution < 1.29 is 13.3 Å². The largest absolute Gasteiger partial charge is 0.338 e. The van der Waals surface area contributed by atoms with Crippen molar-refractivity contribution in [2.24, 2.45) is 0 Å². The minimum absolute atomic E-state index is 0.123. The topological polar surface area (TPSA) is 42.2 Å². The molecule has 0 aliphatic carbocycles. The molecule has 2 heterocycles. The predicted octanol–water partition coefficient (Wildman–Crippen LogP) is 4.27. The van der Waals surface area contributed by atoms with E-state index < -0.39 is 11.6 Å². The van der Waals surface area contributed by atoms with Gasteiger partial charge in [-0.15, -0.1) is 11.3 Å². The molecule has 0 aliphatic rings. The second-order valence-electron chi connectivity index (χ2n) is 5.25. The zero-order valence-electron chi connectivity index (χ0n) is 12.7. The Morgan fingerprint density at radius 3 is 2.78 bits per heavy atom. The number of nitrogens with zero attached hydrogens (tertiary/aromatic N) is 3. The molecule has 3 rings (SSSR count). The van der Waals surface area contributed by atoms with Crippen LogP contribution >= 0.6 is 11.3 Å². The summed E-state index contributed by atoms with van der Waals surface area (Å²) in [4.78, 5) is 7.23. The Kier molecular flexibility index (Phi) is 4.49. The lowest BCUT2D eigenvalue weighted by Gasteiger charge is -2.23. The van der Waals surface area contributed by atoms with Crippen molar-refractivity contribution in [1.82, 2.24) is 15.0 Å². The molecule has 0 saturated carbocycles. The summed E-state index contributed by atoms with van der Waals surface area (Å²) in [6.07, 6.45) is 0. The fourth-order valence-corrected chi connectivity index (χ4v) is 2.85. The van der Waals surface area contributed by atoms with Crippen molar-refractivity contribution in [1.29, 1.82) is 0 Å². The van der Waals surface area contributed by atoms with Crippen LogP contribution in [0, 0.1) is 11.6 Å². The van der Waals surface area contributed by atoms with Crippen LogP contribution in [0.3, 0.4) is 0 Å². The third-order valence-electron chi connectivity index (χ3n) is 3.68. The van der Waals surface area contributed by atoms with E-state index in [0.29, 0.717) is 23.8 Å². The maximum absolute atomic E-state index is 13.4. The van der Waals surface area contributed by atoms with E-state index in [1.165, 1.54) is 17.4 Å². The average molecular weight is 335 g/mol. The van der Waals surface area contributed by atoms with E-state index in [1.807, 2.05) is 36.4 Å². The van der Waals surface area contributed by atoms with E-state index in [2.05, 4.69) is 10.1 Å². The first-order chi connectivity index (χ1) is 11.0. The number of hydrogen-bond acceptors (Lipinski definition) is 5. The monoisotopic (exact) mass is 335 g/mol. The molecule has 0 N–H and O–H groups in total. The van der Waals surface area contributed by atoms with Crippen molar-refractivity contribution in [2.45, 2.75) is 19.5 Å². The Morgan fingerprint density at radius 2 is 2.09 bits per heavy atom. The molecule has 2 aromatic heterocycles. The van der Waals surface area contributed by atoms with Crippen molar-refractivity contribution in [3.05, 3.63) is 58.8 Å². The van der Waals surface area contributed by atoms with Gasteiger partial charge >= 0.3 is 0 Å². The number of thiophene rings is 1. The van der Waals surface area contributed by atoms with E-state index in [4.69, 9.17) is 4.52 Å². The van der Waals surface area contributed by atoms with Gasteiger partial charge in [-0.25, -0.2) is 8.78 Å². The van der Waals surface area contributed by atoms with Gasteiger partial charge < -0.3 is 4.52 Å². The van der Waals surface area contributed by atoms with Gasteiger partial charge in [-0.1, -0.05) is 17.3 Å². The summed E-state index contributed by atoms with van der Waals surface area (Å²) in [5.74, 6) is -0.657. The molecule has 7 heteroatoms. The van der Waals surface area contributed by atoms with Crippen LogP contribution in [0.2, 0.25) is 0 Å². The summed E-state index contributed by atoms with van der Waals surface area (Å²) in [6, 6.07) is 7.64. The Labute approximate surface area is 136 Å². The molecule has 3 aromatic rings. The molecule has 1 atom stereocenters. The Bertz CT molecular complexity index is 788. The van der Waals surface area contributed by atoms with Crippen LogP contribution in [0.15, 0.2) is 40.2 Å². The smallest absolute Gasteiger partial charge is 0.241 e. The summed E-state index contributed by atoms with van der Waals surface area (Å²) in [5, 5.41) is 5.90. The van der Waals surface area contributed by atoms with Crippen LogP contribution in [-0.4, -0.2) is 22.1 Å². The van der Waals surface area contributed by atoms with Gasteiger partial charge in [-0.3, -0.25) is 4.90 Å². The van der Waals surface area contributed by atoms with Gasteiger partial charge in [0.05, 0.1) is 11.4 Å². The third-order valence-corrected chi connectivity index (χ3v) is 4.55. The summed E-state index contributed by atoms with van der Waals surface area (Å²) < 4.78 is 31.6. The molecule has 0 saturated heterocycles. The SMILES string of the molecule is CC(c1ccc(F)c(F)c1)N(C)Cc1nc(-c2cccs2)no1. The maximum atomic E-state index is 13.4. The molecule has 23 heavy (non-hydrogen) atoms. The predicted molar refractivity (Wildman–Crippen MR) is 83.9 cm³/mol. The molecule has 0 fully saturated rings. The number of rotatable bonds is 5. The Balaban J connectivity index is 1.71. The van der Waals surface area contributed by atoms with Gasteiger partial charge in [-0.05, 0) is 43.1 Å². The zero-order chi connectivity index (χ0) is 16.4. The standard InChI is InChI=1S/C16H15F2N3OS/c1-10(11-5-6-12(17)13(18)8-11)21(2)9-15-19-16(20-22-15)14-4-3-7-23-14/h3-8,10H,9H2,1-2H3. The number of benzene rings is 1. The minimum atomic E-state index is -0.847. The zero-order valence-corrected chi connectivity index (χ0v) is 13.5. The number of hydrogen-bond donors (Lipinski definition) is 0. The summed E-state index contributed by atoms with van der Waals surface area (Å²) in [5.41, 5.74) is 0.685. The molecule has 0 bridgehead atoms. The van der Waals surface area contributed by atoms with E-state index in [0.717, 1.165) is 10.9 Å². The first-order valence-corrected chi connectivity index (χ1v) is 7.94. The van der Waals surface area contributed by atoms with Crippen LogP contribution in [0.5, 0.6) is 0 Å². The molecule has 0 spiro atoms. The van der Waals surface area contributed by atoms with Crippen LogP contribution in [0.25, 0.3) is 10.7 Å². The molecule has 0 radical (unpaired) electrons. The van der Waals surface area contributed by atoms with E-state index in [-0.39, 0.29) is 6.04 Å². The van der Waals surface area contributed by atoms with Crippen LogP contribution in [-0.2, 0) is 6.54 Å². The molecule has 1 aromatic carbocycles. The Hall–Kier alpha value is -2.12. The van der Waals surface area contributed by atoms with Gasteiger partial charge in [0.2, 0.25) is 11.7 Å². The van der Waals surface area contributed by atoms with Crippen molar-refractivity contribution in [3.63, 3.8) is 0 Å². The maximum Gasteiger partial charge on any atom is 0.241 e. The highest BCUT2D eigenvalue weighted by atomic mass is 32.1. The second-order valence-corrected chi connectivity index (χ2v) is 6.20. The molecule has 0 aliphatic heterocycles. The van der Waals surface area contributed by atoms with Gasteiger partial charge in [-0.2, -0.15) is 4.98 Å². The number of aromatic nitrogens is 2. The fraction of sp³-hybridized carbons (Fsp3) is 0.250. The number of halogens is 2. The van der Waals surface area contributed by atoms with Gasteiger partial charge in [0.25, 0.3) is 0 Å². The molecular weight excluding hydrogens is 320 g/mol. The van der Waals surface area contributed by atoms with Gasteiger partial charge in [0.15, 0.2) is 11.6 Å². The quantitative estimate of drug-likeness (QED) is 0.698. The first kappa shape index (κ1) is 15.8. The van der Waals surface area contributed by atoms with Crippen LogP contribution < -0.4 is 0 Å². The first-order valence-electron chi connectivity index (χ1n) is 7.06. The highest BCUT2D eigenvalue weighted by Gasteiger charge is 2.17. The molecular formula is C16H15F2N3OS. The lowest BCUT2D eigenvalue weighted by molar-refractivity contribution is 0.216. The van der Waals surface area contributed by atoms with Crippen LogP contribution in [0.4, 0.5) is 8.78 Å². The third kappa shape index (κ3) is 3.46. The molecule has 1 unspecified atom stereocenters. The summed E-state index contributed by atoms with van der Waals surface area (Å²) >= 11 is 1.54. The minimum Gasteiger partial charge on any atom is -0.338 e.